The zero-order valence-corrected chi connectivity index (χ0v) is 17.8. The molecule has 0 spiro atoms. The van der Waals surface area contributed by atoms with Crippen molar-refractivity contribution in [1.82, 2.24) is 10.2 Å². The van der Waals surface area contributed by atoms with Crippen LogP contribution in [0.4, 0.5) is 0 Å². The van der Waals surface area contributed by atoms with Crippen LogP contribution in [0.1, 0.15) is 37.8 Å². The van der Waals surface area contributed by atoms with Crippen LogP contribution in [0.2, 0.25) is 0 Å². The number of rotatable bonds is 9. The van der Waals surface area contributed by atoms with E-state index in [4.69, 9.17) is 9.47 Å². The minimum Gasteiger partial charge on any atom is -0.497 e. The maximum absolute atomic E-state index is 12.9. The third-order valence-electron chi connectivity index (χ3n) is 4.83. The van der Waals surface area contributed by atoms with Gasteiger partial charge < -0.3 is 19.7 Å². The van der Waals surface area contributed by atoms with Crippen LogP contribution in [0.3, 0.4) is 0 Å². The monoisotopic (exact) mass is 398 g/mol. The highest BCUT2D eigenvalue weighted by Crippen LogP contribution is 2.19. The van der Waals surface area contributed by atoms with Crippen molar-refractivity contribution < 1.29 is 19.1 Å². The molecule has 0 heterocycles. The van der Waals surface area contributed by atoms with Crippen LogP contribution in [-0.4, -0.2) is 43.5 Å². The first-order valence-corrected chi connectivity index (χ1v) is 9.72. The molecule has 1 N–H and O–H groups in total. The summed E-state index contributed by atoms with van der Waals surface area (Å²) in [7, 11) is 3.16. The Bertz CT molecular complexity index is 801. The Morgan fingerprint density at radius 1 is 0.966 bits per heavy atom. The van der Waals surface area contributed by atoms with E-state index in [1.54, 1.807) is 21.1 Å². The van der Waals surface area contributed by atoms with Gasteiger partial charge in [0.15, 0.2) is 6.61 Å². The van der Waals surface area contributed by atoms with E-state index in [1.807, 2.05) is 48.5 Å². The topological polar surface area (TPSA) is 67.9 Å². The highest BCUT2D eigenvalue weighted by molar-refractivity contribution is 5.87. The van der Waals surface area contributed by atoms with Gasteiger partial charge in [0.25, 0.3) is 5.91 Å². The summed E-state index contributed by atoms with van der Waals surface area (Å²) in [6.07, 6.45) is 0. The second-order valence-electron chi connectivity index (χ2n) is 7.17. The van der Waals surface area contributed by atoms with Crippen LogP contribution in [0.25, 0.3) is 0 Å². The van der Waals surface area contributed by atoms with Crippen molar-refractivity contribution in [2.24, 2.45) is 0 Å². The highest BCUT2D eigenvalue weighted by Gasteiger charge is 2.25. The Morgan fingerprint density at radius 2 is 1.55 bits per heavy atom. The van der Waals surface area contributed by atoms with E-state index >= 15 is 0 Å². The highest BCUT2D eigenvalue weighted by atomic mass is 16.5. The van der Waals surface area contributed by atoms with Crippen molar-refractivity contribution in [3.05, 3.63) is 59.7 Å². The summed E-state index contributed by atoms with van der Waals surface area (Å²) in [4.78, 5) is 26.6. The molecule has 2 aromatic carbocycles. The summed E-state index contributed by atoms with van der Waals surface area (Å²) in [6.45, 7) is 6.11. The number of hydrogen-bond donors (Lipinski definition) is 1. The molecule has 0 fully saturated rings. The van der Waals surface area contributed by atoms with Crippen molar-refractivity contribution in [3.63, 3.8) is 0 Å². The Hall–Kier alpha value is -3.02. The summed E-state index contributed by atoms with van der Waals surface area (Å²) in [6, 6.07) is 14.5. The molecule has 0 radical (unpaired) electrons. The van der Waals surface area contributed by atoms with Crippen LogP contribution in [0.5, 0.6) is 11.5 Å². The largest absolute Gasteiger partial charge is 0.497 e. The van der Waals surface area contributed by atoms with Crippen LogP contribution in [0.15, 0.2) is 48.5 Å². The number of carbonyl (C=O) groups is 2. The number of ether oxygens (including phenoxy) is 2. The Morgan fingerprint density at radius 3 is 2.07 bits per heavy atom. The van der Waals surface area contributed by atoms with Gasteiger partial charge in [0, 0.05) is 13.6 Å². The number of nitrogens with zero attached hydrogens (tertiary/aromatic N) is 1. The molecule has 1 unspecified atom stereocenters. The second-order valence-corrected chi connectivity index (χ2v) is 7.17. The van der Waals surface area contributed by atoms with Crippen LogP contribution >= 0.6 is 0 Å². The van der Waals surface area contributed by atoms with E-state index < -0.39 is 6.04 Å². The number of likely N-dealkylation sites (N-methyl/N-ethyl adjacent to an activating group) is 1. The Labute approximate surface area is 172 Å². The number of nitrogens with one attached hydrogen (secondary N) is 1. The first-order chi connectivity index (χ1) is 13.8. The van der Waals surface area contributed by atoms with Gasteiger partial charge >= 0.3 is 0 Å². The first kappa shape index (κ1) is 22.3. The average Bonchev–Trinajstić information content (AvgIpc) is 2.75. The van der Waals surface area contributed by atoms with Gasteiger partial charge in [-0.05, 0) is 48.2 Å². The van der Waals surface area contributed by atoms with Gasteiger partial charge in [-0.1, -0.05) is 38.1 Å². The number of hydrogen-bond acceptors (Lipinski definition) is 4. The van der Waals surface area contributed by atoms with Gasteiger partial charge in [0.1, 0.15) is 17.5 Å². The average molecular weight is 399 g/mol. The molecule has 2 aromatic rings. The van der Waals surface area contributed by atoms with E-state index in [2.05, 4.69) is 19.2 Å². The summed E-state index contributed by atoms with van der Waals surface area (Å²) in [5.41, 5.74) is 2.11. The van der Waals surface area contributed by atoms with Gasteiger partial charge in [-0.2, -0.15) is 0 Å². The molecule has 2 rings (SSSR count). The van der Waals surface area contributed by atoms with Gasteiger partial charge in [0.05, 0.1) is 7.11 Å². The number of benzene rings is 2. The molecular formula is C23H30N2O4. The standard InChI is InChI=1S/C23H30N2O4/c1-16(2)19-8-12-21(13-9-19)29-15-22(26)25(17(3)23(27)24-4)14-18-6-10-20(28-5)11-7-18/h6-13,16-17H,14-15H2,1-5H3,(H,24,27). The number of amides is 2. The summed E-state index contributed by atoms with van der Waals surface area (Å²) < 4.78 is 10.8. The van der Waals surface area contributed by atoms with Crippen LogP contribution in [0, 0.1) is 0 Å². The predicted molar refractivity (Wildman–Crippen MR) is 113 cm³/mol. The minimum atomic E-state index is -0.624. The molecule has 29 heavy (non-hydrogen) atoms. The van der Waals surface area contributed by atoms with Crippen molar-refractivity contribution in [3.8, 4) is 11.5 Å². The summed E-state index contributed by atoms with van der Waals surface area (Å²) >= 11 is 0. The van der Waals surface area contributed by atoms with Gasteiger partial charge in [-0.15, -0.1) is 0 Å². The molecule has 0 saturated heterocycles. The zero-order chi connectivity index (χ0) is 21.4. The fourth-order valence-corrected chi connectivity index (χ4v) is 2.90. The number of methoxy groups -OCH3 is 1. The molecule has 0 aliphatic rings. The first-order valence-electron chi connectivity index (χ1n) is 9.72. The lowest BCUT2D eigenvalue weighted by Crippen LogP contribution is -2.48. The molecule has 6 heteroatoms. The van der Waals surface area contributed by atoms with E-state index in [1.165, 1.54) is 10.5 Å². The fraction of sp³-hybridized carbons (Fsp3) is 0.391. The van der Waals surface area contributed by atoms with Gasteiger partial charge in [-0.25, -0.2) is 0 Å². The molecule has 0 aromatic heterocycles. The molecular weight excluding hydrogens is 368 g/mol. The van der Waals surface area contributed by atoms with Crippen LogP contribution in [-0.2, 0) is 16.1 Å². The van der Waals surface area contributed by atoms with E-state index in [0.717, 1.165) is 11.3 Å². The fourth-order valence-electron chi connectivity index (χ4n) is 2.90. The molecule has 0 bridgehead atoms. The Balaban J connectivity index is 2.09. The van der Waals surface area contributed by atoms with E-state index in [9.17, 15) is 9.59 Å². The lowest BCUT2D eigenvalue weighted by Gasteiger charge is -2.28. The maximum atomic E-state index is 12.9. The quantitative estimate of drug-likeness (QED) is 0.703. The van der Waals surface area contributed by atoms with Gasteiger partial charge in [0.2, 0.25) is 5.91 Å². The lowest BCUT2D eigenvalue weighted by atomic mass is 10.0. The lowest BCUT2D eigenvalue weighted by molar-refractivity contribution is -0.142. The zero-order valence-electron chi connectivity index (χ0n) is 17.8. The van der Waals surface area contributed by atoms with Crippen molar-refractivity contribution in [1.29, 1.82) is 0 Å². The summed E-state index contributed by atoms with van der Waals surface area (Å²) in [5, 5.41) is 2.60. The maximum Gasteiger partial charge on any atom is 0.261 e. The molecule has 0 aliphatic carbocycles. The molecule has 0 aliphatic heterocycles. The van der Waals surface area contributed by atoms with Crippen LogP contribution < -0.4 is 14.8 Å². The minimum absolute atomic E-state index is 0.140. The molecule has 156 valence electrons. The van der Waals surface area contributed by atoms with Crippen molar-refractivity contribution in [2.45, 2.75) is 39.3 Å². The third kappa shape index (κ3) is 6.24. The SMILES string of the molecule is CNC(=O)C(C)N(Cc1ccc(OC)cc1)C(=O)COc1ccc(C(C)C)cc1. The summed E-state index contributed by atoms with van der Waals surface area (Å²) in [5.74, 6) is 1.30. The predicted octanol–water partition coefficient (Wildman–Crippen LogP) is 3.36. The Kier molecular flexibility index (Phi) is 8.07. The molecule has 6 nitrogen and oxygen atoms in total. The van der Waals surface area contributed by atoms with Crippen molar-refractivity contribution >= 4 is 11.8 Å². The third-order valence-corrected chi connectivity index (χ3v) is 4.83. The molecule has 0 saturated carbocycles. The van der Waals surface area contributed by atoms with E-state index in [0.29, 0.717) is 18.2 Å². The molecule has 2 amide bonds. The van der Waals surface area contributed by atoms with Crippen molar-refractivity contribution in [2.75, 3.05) is 20.8 Å². The normalized spacial score (nSPS) is 11.7. The van der Waals surface area contributed by atoms with E-state index in [-0.39, 0.29) is 18.4 Å². The number of carbonyl (C=O) groups excluding carboxylic acids is 2. The smallest absolute Gasteiger partial charge is 0.261 e. The van der Waals surface area contributed by atoms with Gasteiger partial charge in [-0.3, -0.25) is 9.59 Å². The second kappa shape index (κ2) is 10.5. The molecule has 1 atom stereocenters.